The van der Waals surface area contributed by atoms with E-state index in [0.29, 0.717) is 22.5 Å². The standard InChI is InChI=1S/C50H26N4O2/c51-27-30-26-31(28-52)50(54-37-19-9-5-15-33(37)46-39(54)23-25-43-48(46)35-17-7-11-21-41(35)56-43)44(29-12-2-1-3-13-29)49(30)53-36-18-8-4-14-32(36)45-38(53)22-24-42-47(45)34-16-6-10-20-40(34)55-42/h1-26H. The molecule has 0 atom stereocenters. The van der Waals surface area contributed by atoms with Gasteiger partial charge in [-0.1, -0.05) is 103 Å². The summed E-state index contributed by atoms with van der Waals surface area (Å²) in [6.45, 7) is 0. The van der Waals surface area contributed by atoms with E-state index in [0.717, 1.165) is 98.6 Å². The van der Waals surface area contributed by atoms with Crippen molar-refractivity contribution in [3.05, 3.63) is 169 Å². The molecule has 0 N–H and O–H groups in total. The fourth-order valence-corrected chi connectivity index (χ4v) is 9.21. The first-order valence-electron chi connectivity index (χ1n) is 18.5. The average Bonchev–Trinajstić information content (AvgIpc) is 4.00. The summed E-state index contributed by atoms with van der Waals surface area (Å²) in [5.41, 5.74) is 10.8. The third-order valence-corrected chi connectivity index (χ3v) is 11.4. The first-order valence-corrected chi connectivity index (χ1v) is 18.5. The molecule has 4 aromatic heterocycles. The van der Waals surface area contributed by atoms with Crippen molar-refractivity contribution < 1.29 is 8.83 Å². The third kappa shape index (κ3) is 3.92. The molecule has 0 bridgehead atoms. The summed E-state index contributed by atoms with van der Waals surface area (Å²) >= 11 is 0. The number of nitrogens with zero attached hydrogens (tertiary/aromatic N) is 4. The summed E-state index contributed by atoms with van der Waals surface area (Å²) in [7, 11) is 0. The monoisotopic (exact) mass is 714 g/mol. The minimum absolute atomic E-state index is 0.396. The van der Waals surface area contributed by atoms with Crippen molar-refractivity contribution in [2.24, 2.45) is 0 Å². The van der Waals surface area contributed by atoms with Crippen molar-refractivity contribution in [1.82, 2.24) is 9.13 Å². The van der Waals surface area contributed by atoms with Gasteiger partial charge in [-0.25, -0.2) is 0 Å². The van der Waals surface area contributed by atoms with Crippen molar-refractivity contribution in [1.29, 1.82) is 10.5 Å². The van der Waals surface area contributed by atoms with Crippen LogP contribution in [0.15, 0.2) is 167 Å². The molecule has 0 saturated carbocycles. The van der Waals surface area contributed by atoms with E-state index in [1.54, 1.807) is 6.07 Å². The minimum atomic E-state index is 0.396. The lowest BCUT2D eigenvalue weighted by Crippen LogP contribution is -2.08. The molecule has 12 aromatic rings. The van der Waals surface area contributed by atoms with Crippen molar-refractivity contribution >= 4 is 87.5 Å². The van der Waals surface area contributed by atoms with Gasteiger partial charge in [-0.15, -0.1) is 0 Å². The molecule has 56 heavy (non-hydrogen) atoms. The molecule has 0 spiro atoms. The molecule has 4 heterocycles. The van der Waals surface area contributed by atoms with Crippen molar-refractivity contribution in [3.63, 3.8) is 0 Å². The number of benzene rings is 8. The maximum atomic E-state index is 11.1. The number of rotatable bonds is 3. The van der Waals surface area contributed by atoms with Gasteiger partial charge in [0.15, 0.2) is 0 Å². The Morgan fingerprint density at radius 2 is 0.804 bits per heavy atom. The second-order valence-electron chi connectivity index (χ2n) is 14.2. The fraction of sp³-hybridized carbons (Fsp3) is 0. The van der Waals surface area contributed by atoms with E-state index in [1.807, 2.05) is 78.9 Å². The molecule has 0 aliphatic carbocycles. The topological polar surface area (TPSA) is 83.7 Å². The highest BCUT2D eigenvalue weighted by molar-refractivity contribution is 6.29. The minimum Gasteiger partial charge on any atom is -0.456 e. The summed E-state index contributed by atoms with van der Waals surface area (Å²) in [5.74, 6) is 0. The van der Waals surface area contributed by atoms with Crippen molar-refractivity contribution in [2.75, 3.05) is 0 Å². The quantitative estimate of drug-likeness (QED) is 0.182. The highest BCUT2D eigenvalue weighted by Gasteiger charge is 2.29. The Morgan fingerprint density at radius 3 is 1.29 bits per heavy atom. The molecule has 12 rings (SSSR count). The second-order valence-corrected chi connectivity index (χ2v) is 14.2. The molecular formula is C50H26N4O2. The van der Waals surface area contributed by atoms with Crippen LogP contribution in [0.1, 0.15) is 11.1 Å². The molecule has 0 radical (unpaired) electrons. The van der Waals surface area contributed by atoms with E-state index < -0.39 is 0 Å². The zero-order chi connectivity index (χ0) is 37.1. The van der Waals surface area contributed by atoms with Crippen molar-refractivity contribution in [3.8, 4) is 34.6 Å². The Kier molecular flexibility index (Phi) is 6.10. The van der Waals surface area contributed by atoms with Crippen LogP contribution >= 0.6 is 0 Å². The highest BCUT2D eigenvalue weighted by atomic mass is 16.3. The maximum Gasteiger partial charge on any atom is 0.136 e. The van der Waals surface area contributed by atoms with E-state index >= 15 is 0 Å². The van der Waals surface area contributed by atoms with Crippen LogP contribution in [-0.4, -0.2) is 9.13 Å². The van der Waals surface area contributed by atoms with Crippen LogP contribution in [0.3, 0.4) is 0 Å². The summed E-state index contributed by atoms with van der Waals surface area (Å²) < 4.78 is 17.2. The Hall–Kier alpha value is -8.06. The van der Waals surface area contributed by atoms with E-state index in [-0.39, 0.29) is 0 Å². The molecule has 0 aliphatic heterocycles. The van der Waals surface area contributed by atoms with Crippen LogP contribution in [0.25, 0.3) is 110 Å². The fourth-order valence-electron chi connectivity index (χ4n) is 9.21. The highest BCUT2D eigenvalue weighted by Crippen LogP contribution is 2.48. The lowest BCUT2D eigenvalue weighted by molar-refractivity contribution is 0.669. The van der Waals surface area contributed by atoms with Gasteiger partial charge in [0.25, 0.3) is 0 Å². The molecule has 6 heteroatoms. The van der Waals surface area contributed by atoms with Gasteiger partial charge in [-0.2, -0.15) is 10.5 Å². The number of fused-ring (bicyclic) bond motifs is 14. The SMILES string of the molecule is N#Cc1cc(C#N)c(-n2c3ccccc3c3c4c(ccc32)oc2ccccc24)c(-c2ccccc2)c1-n1c2ccccc2c2c3c(ccc21)oc1ccccc13. The van der Waals surface area contributed by atoms with Crippen LogP contribution in [0.2, 0.25) is 0 Å². The van der Waals surface area contributed by atoms with Crippen LogP contribution in [0, 0.1) is 22.7 Å². The number of para-hydroxylation sites is 4. The summed E-state index contributed by atoms with van der Waals surface area (Å²) in [5, 5.41) is 30.5. The first-order chi connectivity index (χ1) is 27.7. The molecule has 8 aromatic carbocycles. The van der Waals surface area contributed by atoms with Gasteiger partial charge < -0.3 is 18.0 Å². The van der Waals surface area contributed by atoms with Gasteiger partial charge in [0.05, 0.1) is 44.6 Å². The largest absolute Gasteiger partial charge is 0.456 e. The van der Waals surface area contributed by atoms with Crippen LogP contribution in [0.4, 0.5) is 0 Å². The normalized spacial score (nSPS) is 11.9. The first kappa shape index (κ1) is 30.4. The van der Waals surface area contributed by atoms with Gasteiger partial charge in [0, 0.05) is 48.7 Å². The Morgan fingerprint density at radius 1 is 0.375 bits per heavy atom. The summed E-state index contributed by atoms with van der Waals surface area (Å²) in [4.78, 5) is 0. The average molecular weight is 715 g/mol. The predicted molar refractivity (Wildman–Crippen MR) is 225 cm³/mol. The third-order valence-electron chi connectivity index (χ3n) is 11.4. The molecular weight excluding hydrogens is 689 g/mol. The Balaban J connectivity index is 1.31. The number of hydrogen-bond donors (Lipinski definition) is 0. The second kappa shape index (κ2) is 11.2. The Labute approximate surface area is 318 Å². The lowest BCUT2D eigenvalue weighted by atomic mass is 9.93. The summed E-state index contributed by atoms with van der Waals surface area (Å²) in [6, 6.07) is 58.1. The van der Waals surface area contributed by atoms with Crippen LogP contribution < -0.4 is 0 Å². The van der Waals surface area contributed by atoms with Crippen LogP contribution in [0.5, 0.6) is 0 Å². The van der Waals surface area contributed by atoms with Gasteiger partial charge in [0.1, 0.15) is 34.5 Å². The predicted octanol–water partition coefficient (Wildman–Crippen LogP) is 13.1. The number of aromatic nitrogens is 2. The molecule has 0 amide bonds. The van der Waals surface area contributed by atoms with Gasteiger partial charge in [0.2, 0.25) is 0 Å². The van der Waals surface area contributed by atoms with Crippen molar-refractivity contribution in [2.45, 2.75) is 0 Å². The molecule has 0 aliphatic rings. The number of hydrogen-bond acceptors (Lipinski definition) is 4. The zero-order valence-corrected chi connectivity index (χ0v) is 29.6. The zero-order valence-electron chi connectivity index (χ0n) is 29.6. The number of furan rings is 2. The van der Waals surface area contributed by atoms with E-state index in [4.69, 9.17) is 8.83 Å². The molecule has 0 unspecified atom stereocenters. The Bertz CT molecular complexity index is 3510. The maximum absolute atomic E-state index is 11.1. The smallest absolute Gasteiger partial charge is 0.136 e. The van der Waals surface area contributed by atoms with Gasteiger partial charge >= 0.3 is 0 Å². The van der Waals surface area contributed by atoms with Crippen LogP contribution in [-0.2, 0) is 0 Å². The lowest BCUT2D eigenvalue weighted by Gasteiger charge is -2.22. The molecule has 258 valence electrons. The molecule has 0 saturated heterocycles. The number of nitriles is 2. The molecule has 6 nitrogen and oxygen atoms in total. The molecule has 0 fully saturated rings. The van der Waals surface area contributed by atoms with E-state index in [2.05, 4.69) is 94.1 Å². The van der Waals surface area contributed by atoms with Gasteiger partial charge in [-0.05, 0) is 60.2 Å². The van der Waals surface area contributed by atoms with Gasteiger partial charge in [-0.3, -0.25) is 0 Å². The van der Waals surface area contributed by atoms with E-state index in [9.17, 15) is 10.5 Å². The van der Waals surface area contributed by atoms with E-state index in [1.165, 1.54) is 0 Å². The summed E-state index contributed by atoms with van der Waals surface area (Å²) in [6.07, 6.45) is 0.